The predicted octanol–water partition coefficient (Wildman–Crippen LogP) is 7.68. The Morgan fingerprint density at radius 2 is 1.17 bits per heavy atom. The molecule has 0 amide bonds. The van der Waals surface area contributed by atoms with Gasteiger partial charge < -0.3 is 0 Å². The highest BCUT2D eigenvalue weighted by molar-refractivity contribution is 6.38. The van der Waals surface area contributed by atoms with Crippen molar-refractivity contribution < 1.29 is 0 Å². The van der Waals surface area contributed by atoms with E-state index in [0.717, 1.165) is 16.7 Å². The van der Waals surface area contributed by atoms with Crippen molar-refractivity contribution in [3.8, 4) is 22.4 Å². The lowest BCUT2D eigenvalue weighted by molar-refractivity contribution is 1.32. The van der Waals surface area contributed by atoms with Crippen molar-refractivity contribution in [3.63, 3.8) is 0 Å². The molecule has 1 heterocycles. The molecule has 0 saturated heterocycles. The first-order valence-corrected chi connectivity index (χ1v) is 8.41. The van der Waals surface area contributed by atoms with Crippen LogP contribution in [0, 0.1) is 0 Å². The minimum absolute atomic E-state index is 0.470. The van der Waals surface area contributed by atoms with Gasteiger partial charge in [0.1, 0.15) is 0 Å². The Kier molecular flexibility index (Phi) is 5.05. The SMILES string of the molecule is Clc1ccc(-c2cnc(-c3ccc(Cl)cc3Cl)c(Cl)c2)c(Cl)c1. The molecule has 1 nitrogen and oxygen atoms in total. The highest BCUT2D eigenvalue weighted by Crippen LogP contribution is 2.37. The number of hydrogen-bond acceptors (Lipinski definition) is 1. The first-order chi connectivity index (χ1) is 11.0. The van der Waals surface area contributed by atoms with Crippen molar-refractivity contribution in [1.29, 1.82) is 0 Å². The summed E-state index contributed by atoms with van der Waals surface area (Å²) >= 11 is 30.7. The highest BCUT2D eigenvalue weighted by Gasteiger charge is 2.12. The first-order valence-electron chi connectivity index (χ1n) is 6.52. The molecule has 2 aromatic carbocycles. The number of benzene rings is 2. The van der Waals surface area contributed by atoms with E-state index in [1.54, 1.807) is 42.6 Å². The molecule has 0 aliphatic rings. The maximum absolute atomic E-state index is 6.39. The van der Waals surface area contributed by atoms with Gasteiger partial charge in [0, 0.05) is 38.0 Å². The van der Waals surface area contributed by atoms with Crippen LogP contribution in [0.15, 0.2) is 48.7 Å². The van der Waals surface area contributed by atoms with Crippen LogP contribution in [-0.4, -0.2) is 4.98 Å². The summed E-state index contributed by atoms with van der Waals surface area (Å²) in [5, 5.41) is 2.62. The minimum Gasteiger partial charge on any atom is -0.254 e. The van der Waals surface area contributed by atoms with Gasteiger partial charge in [0.25, 0.3) is 0 Å². The molecule has 0 fully saturated rings. The molecule has 0 spiro atoms. The second-order valence-electron chi connectivity index (χ2n) is 4.80. The predicted molar refractivity (Wildman–Crippen MR) is 100 cm³/mol. The first kappa shape index (κ1) is 16.9. The quantitative estimate of drug-likeness (QED) is 0.427. The van der Waals surface area contributed by atoms with Crippen molar-refractivity contribution in [3.05, 3.63) is 73.8 Å². The lowest BCUT2D eigenvalue weighted by atomic mass is 10.1. The summed E-state index contributed by atoms with van der Waals surface area (Å²) in [5.41, 5.74) is 2.90. The molecule has 0 radical (unpaired) electrons. The van der Waals surface area contributed by atoms with Gasteiger partial charge in [-0.2, -0.15) is 0 Å². The van der Waals surface area contributed by atoms with E-state index in [1.807, 2.05) is 6.07 Å². The van der Waals surface area contributed by atoms with Gasteiger partial charge in [-0.15, -0.1) is 0 Å². The van der Waals surface area contributed by atoms with Gasteiger partial charge in [-0.05, 0) is 36.4 Å². The highest BCUT2D eigenvalue weighted by atomic mass is 35.5. The maximum Gasteiger partial charge on any atom is 0.0903 e. The minimum atomic E-state index is 0.470. The van der Waals surface area contributed by atoms with E-state index in [1.165, 1.54) is 0 Å². The number of hydrogen-bond donors (Lipinski definition) is 0. The van der Waals surface area contributed by atoms with E-state index in [0.29, 0.717) is 30.8 Å². The van der Waals surface area contributed by atoms with E-state index >= 15 is 0 Å². The average molecular weight is 404 g/mol. The Morgan fingerprint density at radius 3 is 1.70 bits per heavy atom. The van der Waals surface area contributed by atoms with Crippen LogP contribution in [-0.2, 0) is 0 Å². The summed E-state index contributed by atoms with van der Waals surface area (Å²) in [6.45, 7) is 0. The summed E-state index contributed by atoms with van der Waals surface area (Å²) < 4.78 is 0. The molecule has 1 aromatic heterocycles. The fraction of sp³-hybridized carbons (Fsp3) is 0. The molecule has 23 heavy (non-hydrogen) atoms. The summed E-state index contributed by atoms with van der Waals surface area (Å²) in [7, 11) is 0. The number of halogens is 5. The van der Waals surface area contributed by atoms with Crippen molar-refractivity contribution in [1.82, 2.24) is 4.98 Å². The molecule has 0 unspecified atom stereocenters. The monoisotopic (exact) mass is 401 g/mol. The van der Waals surface area contributed by atoms with E-state index in [9.17, 15) is 0 Å². The summed E-state index contributed by atoms with van der Waals surface area (Å²) in [6.07, 6.45) is 1.70. The van der Waals surface area contributed by atoms with Crippen molar-refractivity contribution in [2.24, 2.45) is 0 Å². The summed E-state index contributed by atoms with van der Waals surface area (Å²) in [5.74, 6) is 0. The molecule has 3 aromatic rings. The zero-order valence-electron chi connectivity index (χ0n) is 11.5. The van der Waals surface area contributed by atoms with E-state index in [-0.39, 0.29) is 0 Å². The molecular weight excluding hydrogens is 395 g/mol. The third-order valence-corrected chi connectivity index (χ3v) is 4.65. The Morgan fingerprint density at radius 1 is 0.609 bits per heavy atom. The van der Waals surface area contributed by atoms with Crippen molar-refractivity contribution >= 4 is 58.0 Å². The molecule has 0 aliphatic carbocycles. The molecule has 0 aliphatic heterocycles. The fourth-order valence-electron chi connectivity index (χ4n) is 2.19. The Bertz CT molecular complexity index is 892. The standard InChI is InChI=1S/C17H8Cl5N/c18-10-1-3-12(14(20)6-10)9-5-16(22)17(23-8-9)13-4-2-11(19)7-15(13)21/h1-8H. The third kappa shape index (κ3) is 3.60. The Hall–Kier alpha value is -0.960. The summed E-state index contributed by atoms with van der Waals surface area (Å²) in [6, 6.07) is 12.2. The van der Waals surface area contributed by atoms with Crippen LogP contribution < -0.4 is 0 Å². The largest absolute Gasteiger partial charge is 0.254 e. The lowest BCUT2D eigenvalue weighted by Crippen LogP contribution is -1.89. The van der Waals surface area contributed by atoms with Crippen LogP contribution in [0.25, 0.3) is 22.4 Å². The summed E-state index contributed by atoms with van der Waals surface area (Å²) in [4.78, 5) is 4.43. The van der Waals surface area contributed by atoms with Gasteiger partial charge in [-0.1, -0.05) is 64.1 Å². The molecule has 6 heteroatoms. The fourth-order valence-corrected chi connectivity index (χ4v) is 3.47. The number of aromatic nitrogens is 1. The Labute approximate surface area is 158 Å². The van der Waals surface area contributed by atoms with Crippen LogP contribution in [0.3, 0.4) is 0 Å². The maximum atomic E-state index is 6.39. The smallest absolute Gasteiger partial charge is 0.0903 e. The van der Waals surface area contributed by atoms with E-state index in [4.69, 9.17) is 58.0 Å². The van der Waals surface area contributed by atoms with Gasteiger partial charge in [-0.25, -0.2) is 0 Å². The number of pyridine rings is 1. The Balaban J connectivity index is 2.07. The molecule has 0 atom stereocenters. The van der Waals surface area contributed by atoms with E-state index < -0.39 is 0 Å². The van der Waals surface area contributed by atoms with Crippen LogP contribution in [0.5, 0.6) is 0 Å². The molecule has 116 valence electrons. The van der Waals surface area contributed by atoms with Gasteiger partial charge >= 0.3 is 0 Å². The second kappa shape index (κ2) is 6.88. The molecule has 0 bridgehead atoms. The van der Waals surface area contributed by atoms with Crippen LogP contribution >= 0.6 is 58.0 Å². The molecule has 0 N–H and O–H groups in total. The van der Waals surface area contributed by atoms with Crippen LogP contribution in [0.1, 0.15) is 0 Å². The van der Waals surface area contributed by atoms with Gasteiger partial charge in [-0.3, -0.25) is 4.98 Å². The molecule has 3 rings (SSSR count). The number of rotatable bonds is 2. The normalized spacial score (nSPS) is 10.8. The second-order valence-corrected chi connectivity index (χ2v) is 6.90. The average Bonchev–Trinajstić information content (AvgIpc) is 2.48. The third-order valence-electron chi connectivity index (χ3n) is 3.27. The van der Waals surface area contributed by atoms with Crippen molar-refractivity contribution in [2.75, 3.05) is 0 Å². The lowest BCUT2D eigenvalue weighted by Gasteiger charge is -2.10. The molecule has 0 saturated carbocycles. The van der Waals surface area contributed by atoms with Gasteiger partial charge in [0.15, 0.2) is 0 Å². The zero-order valence-corrected chi connectivity index (χ0v) is 15.2. The zero-order chi connectivity index (χ0) is 16.6. The van der Waals surface area contributed by atoms with Gasteiger partial charge in [0.05, 0.1) is 15.7 Å². The topological polar surface area (TPSA) is 12.9 Å². The van der Waals surface area contributed by atoms with Gasteiger partial charge in [0.2, 0.25) is 0 Å². The van der Waals surface area contributed by atoms with E-state index in [2.05, 4.69) is 4.98 Å². The molecular formula is C17H8Cl5N. The van der Waals surface area contributed by atoms with Crippen molar-refractivity contribution in [2.45, 2.75) is 0 Å². The van der Waals surface area contributed by atoms with Crippen LogP contribution in [0.4, 0.5) is 0 Å². The van der Waals surface area contributed by atoms with Crippen LogP contribution in [0.2, 0.25) is 25.1 Å². The number of nitrogens with zero attached hydrogens (tertiary/aromatic N) is 1.